The molecule has 0 aliphatic rings. The van der Waals surface area contributed by atoms with Gasteiger partial charge in [-0.3, -0.25) is 0 Å². The van der Waals surface area contributed by atoms with Crippen LogP contribution in [0.25, 0.3) is 0 Å². The van der Waals surface area contributed by atoms with Gasteiger partial charge in [0.25, 0.3) is 0 Å². The zero-order valence-corrected chi connectivity index (χ0v) is 9.56. The second kappa shape index (κ2) is 5.31. The van der Waals surface area contributed by atoms with Crippen LogP contribution in [-0.2, 0) is 19.1 Å². The molecule has 0 aromatic heterocycles. The summed E-state index contributed by atoms with van der Waals surface area (Å²) in [6.07, 6.45) is 0. The Labute approximate surface area is 86.2 Å². The summed E-state index contributed by atoms with van der Waals surface area (Å²) in [6.45, 7) is 0. The molecule has 0 aliphatic heterocycles. The molecule has 0 N–H and O–H groups in total. The average Bonchev–Trinajstić information content (AvgIpc) is 2.12. The van der Waals surface area contributed by atoms with E-state index in [0.717, 1.165) is 0 Å². The van der Waals surface area contributed by atoms with Crippen molar-refractivity contribution in [2.24, 2.45) is 0 Å². The number of halogens is 2. The van der Waals surface area contributed by atoms with E-state index in [1.54, 1.807) is 0 Å². The monoisotopic (exact) mass is 300 g/mol. The molecule has 0 aromatic rings. The van der Waals surface area contributed by atoms with Crippen molar-refractivity contribution < 1.29 is 19.1 Å². The van der Waals surface area contributed by atoms with Gasteiger partial charge in [-0.1, -0.05) is 0 Å². The van der Waals surface area contributed by atoms with Gasteiger partial charge in [-0.15, -0.1) is 0 Å². The van der Waals surface area contributed by atoms with Crippen molar-refractivity contribution in [1.82, 2.24) is 0 Å². The summed E-state index contributed by atoms with van der Waals surface area (Å²) in [7, 11) is 2.42. The van der Waals surface area contributed by atoms with Gasteiger partial charge in [0.2, 0.25) is 0 Å². The number of hydrogen-bond donors (Lipinski definition) is 0. The molecule has 0 heterocycles. The maximum atomic E-state index is 10.8. The van der Waals surface area contributed by atoms with Crippen LogP contribution in [0.3, 0.4) is 0 Å². The van der Waals surface area contributed by atoms with Crippen molar-refractivity contribution in [1.29, 1.82) is 0 Å². The number of hydrogen-bond acceptors (Lipinski definition) is 4. The van der Waals surface area contributed by atoms with Gasteiger partial charge >= 0.3 is 11.9 Å². The first-order valence-electron chi connectivity index (χ1n) is 2.76. The zero-order valence-electron chi connectivity index (χ0n) is 6.39. The Morgan fingerprint density at radius 2 is 1.17 bits per heavy atom. The minimum absolute atomic E-state index is 0.00292. The van der Waals surface area contributed by atoms with Crippen LogP contribution in [0.5, 0.6) is 0 Å². The maximum Gasteiger partial charge on any atom is 0.346 e. The van der Waals surface area contributed by atoms with Crippen molar-refractivity contribution in [3.63, 3.8) is 0 Å². The highest BCUT2D eigenvalue weighted by Gasteiger charge is 2.17. The lowest BCUT2D eigenvalue weighted by atomic mass is 10.5. The molecule has 0 amide bonds. The fraction of sp³-hybridized carbons (Fsp3) is 0.333. The van der Waals surface area contributed by atoms with Crippen LogP contribution in [0.15, 0.2) is 8.96 Å². The van der Waals surface area contributed by atoms with Crippen LogP contribution >= 0.6 is 31.9 Å². The minimum Gasteiger partial charge on any atom is -0.465 e. The van der Waals surface area contributed by atoms with Gasteiger partial charge in [0.1, 0.15) is 8.96 Å². The number of methoxy groups -OCH3 is 2. The van der Waals surface area contributed by atoms with Gasteiger partial charge in [-0.25, -0.2) is 9.59 Å². The van der Waals surface area contributed by atoms with Gasteiger partial charge in [-0.2, -0.15) is 0 Å². The third-order valence-electron chi connectivity index (χ3n) is 0.922. The lowest BCUT2D eigenvalue weighted by molar-refractivity contribution is -0.138. The molecule has 0 bridgehead atoms. The number of rotatable bonds is 2. The highest BCUT2D eigenvalue weighted by atomic mass is 79.9. The van der Waals surface area contributed by atoms with E-state index in [9.17, 15) is 9.59 Å². The van der Waals surface area contributed by atoms with E-state index < -0.39 is 11.9 Å². The predicted molar refractivity (Wildman–Crippen MR) is 48.9 cm³/mol. The molecule has 12 heavy (non-hydrogen) atoms. The second-order valence-corrected chi connectivity index (χ2v) is 3.20. The van der Waals surface area contributed by atoms with Gasteiger partial charge < -0.3 is 9.47 Å². The fourth-order valence-electron chi connectivity index (χ4n) is 0.358. The SMILES string of the molecule is COC(=O)C(Br)=C(Br)C(=O)OC. The summed E-state index contributed by atoms with van der Waals surface area (Å²) in [5.41, 5.74) is 0. The van der Waals surface area contributed by atoms with E-state index in [-0.39, 0.29) is 8.96 Å². The van der Waals surface area contributed by atoms with E-state index in [0.29, 0.717) is 0 Å². The van der Waals surface area contributed by atoms with E-state index in [2.05, 4.69) is 41.3 Å². The third-order valence-corrected chi connectivity index (χ3v) is 2.89. The highest BCUT2D eigenvalue weighted by Crippen LogP contribution is 2.20. The van der Waals surface area contributed by atoms with E-state index in [4.69, 9.17) is 0 Å². The van der Waals surface area contributed by atoms with Crippen molar-refractivity contribution in [3.8, 4) is 0 Å². The van der Waals surface area contributed by atoms with Crippen LogP contribution in [-0.4, -0.2) is 26.2 Å². The molecule has 0 atom stereocenters. The van der Waals surface area contributed by atoms with E-state index in [1.807, 2.05) is 0 Å². The lowest BCUT2D eigenvalue weighted by Gasteiger charge is -2.00. The second-order valence-electron chi connectivity index (χ2n) is 1.61. The van der Waals surface area contributed by atoms with Crippen molar-refractivity contribution in [2.75, 3.05) is 14.2 Å². The Hall–Kier alpha value is -0.360. The molecule has 0 unspecified atom stereocenters. The molecule has 68 valence electrons. The molecule has 0 radical (unpaired) electrons. The normalized spacial score (nSPS) is 11.7. The number of carbonyl (C=O) groups is 2. The van der Waals surface area contributed by atoms with Crippen molar-refractivity contribution >= 4 is 43.8 Å². The van der Waals surface area contributed by atoms with Gasteiger partial charge in [0.05, 0.1) is 14.2 Å². The van der Waals surface area contributed by atoms with Gasteiger partial charge in [0, 0.05) is 0 Å². The summed E-state index contributed by atoms with van der Waals surface area (Å²) in [4.78, 5) is 21.6. The van der Waals surface area contributed by atoms with Crippen LogP contribution in [0.1, 0.15) is 0 Å². The summed E-state index contributed by atoms with van der Waals surface area (Å²) in [5, 5.41) is 0. The molecule has 0 saturated carbocycles. The quantitative estimate of drug-likeness (QED) is 0.570. The summed E-state index contributed by atoms with van der Waals surface area (Å²) in [6, 6.07) is 0. The summed E-state index contributed by atoms with van der Waals surface area (Å²) in [5.74, 6) is -1.29. The molecule has 0 aromatic carbocycles. The minimum atomic E-state index is -0.646. The Morgan fingerprint density at radius 3 is 1.33 bits per heavy atom. The van der Waals surface area contributed by atoms with Crippen LogP contribution in [0, 0.1) is 0 Å². The molecular weight excluding hydrogens is 296 g/mol. The molecule has 0 rings (SSSR count). The first kappa shape index (κ1) is 11.6. The molecule has 0 fully saturated rings. The third kappa shape index (κ3) is 2.94. The molecule has 6 heteroatoms. The Bertz CT molecular complexity index is 210. The van der Waals surface area contributed by atoms with Crippen molar-refractivity contribution in [3.05, 3.63) is 8.96 Å². The number of esters is 2. The maximum absolute atomic E-state index is 10.8. The average molecular weight is 302 g/mol. The summed E-state index contributed by atoms with van der Waals surface area (Å²) < 4.78 is 8.69. The Morgan fingerprint density at radius 1 is 0.917 bits per heavy atom. The topological polar surface area (TPSA) is 52.6 Å². The largest absolute Gasteiger partial charge is 0.465 e. The zero-order chi connectivity index (χ0) is 9.72. The number of carbonyl (C=O) groups excluding carboxylic acids is 2. The molecule has 0 spiro atoms. The molecule has 4 nitrogen and oxygen atoms in total. The molecule has 0 saturated heterocycles. The van der Waals surface area contributed by atoms with E-state index >= 15 is 0 Å². The van der Waals surface area contributed by atoms with Crippen LogP contribution < -0.4 is 0 Å². The first-order valence-corrected chi connectivity index (χ1v) is 4.35. The standard InChI is InChI=1S/C6H6Br2O4/c1-11-5(9)3(7)4(8)6(10)12-2/h1-2H3. The molecule has 0 aliphatic carbocycles. The first-order chi connectivity index (χ1) is 5.54. The smallest absolute Gasteiger partial charge is 0.346 e. The van der Waals surface area contributed by atoms with Crippen LogP contribution in [0.4, 0.5) is 0 Å². The highest BCUT2D eigenvalue weighted by molar-refractivity contribution is 9.14. The van der Waals surface area contributed by atoms with Gasteiger partial charge in [0.15, 0.2) is 0 Å². The van der Waals surface area contributed by atoms with Gasteiger partial charge in [-0.05, 0) is 31.9 Å². The molecular formula is C6H6Br2O4. The van der Waals surface area contributed by atoms with E-state index in [1.165, 1.54) is 14.2 Å². The van der Waals surface area contributed by atoms with Crippen LogP contribution in [0.2, 0.25) is 0 Å². The number of ether oxygens (including phenoxy) is 2. The Balaban J connectivity index is 4.68. The van der Waals surface area contributed by atoms with Crippen molar-refractivity contribution in [2.45, 2.75) is 0 Å². The summed E-state index contributed by atoms with van der Waals surface area (Å²) >= 11 is 5.74. The Kier molecular flexibility index (Phi) is 5.16. The lowest BCUT2D eigenvalue weighted by Crippen LogP contribution is -2.07. The fourth-order valence-corrected chi connectivity index (χ4v) is 1.01. The predicted octanol–water partition coefficient (Wildman–Crippen LogP) is 1.33.